The van der Waals surface area contributed by atoms with Crippen molar-refractivity contribution in [2.75, 3.05) is 19.6 Å². The summed E-state index contributed by atoms with van der Waals surface area (Å²) in [4.78, 5) is 5.42. The molecule has 25 heavy (non-hydrogen) atoms. The standard InChI is InChI=1S/C21H42N2O2/c1-8-22-11-9-18(24-16(4)5)13-20(22)21-14-19(25-17(6)7)10-12-23(21)15(2)3/h15-21H,8-14H2,1-7H3. The molecule has 0 aromatic carbocycles. The van der Waals surface area contributed by atoms with Crippen LogP contribution >= 0.6 is 0 Å². The SMILES string of the molecule is CCN1CCC(OC(C)C)CC1C1CC(OC(C)C)CCN1C(C)C. The molecule has 148 valence electrons. The molecular weight excluding hydrogens is 312 g/mol. The third-order valence-corrected chi connectivity index (χ3v) is 5.79. The summed E-state index contributed by atoms with van der Waals surface area (Å²) in [6.07, 6.45) is 6.12. The second-order valence-corrected chi connectivity index (χ2v) is 8.76. The Kier molecular flexibility index (Phi) is 8.19. The molecule has 0 aromatic heterocycles. The van der Waals surface area contributed by atoms with Crippen molar-refractivity contribution in [3.63, 3.8) is 0 Å². The van der Waals surface area contributed by atoms with Crippen LogP contribution in [-0.2, 0) is 9.47 Å². The number of hydrogen-bond acceptors (Lipinski definition) is 4. The highest BCUT2D eigenvalue weighted by atomic mass is 16.5. The van der Waals surface area contributed by atoms with E-state index in [9.17, 15) is 0 Å². The fourth-order valence-corrected chi connectivity index (χ4v) is 4.82. The van der Waals surface area contributed by atoms with E-state index in [-0.39, 0.29) is 0 Å². The van der Waals surface area contributed by atoms with Crippen molar-refractivity contribution < 1.29 is 9.47 Å². The van der Waals surface area contributed by atoms with Crippen LogP contribution < -0.4 is 0 Å². The Hall–Kier alpha value is -0.160. The van der Waals surface area contributed by atoms with Crippen LogP contribution in [0.1, 0.15) is 74.1 Å². The molecule has 2 fully saturated rings. The summed E-state index contributed by atoms with van der Waals surface area (Å²) in [6, 6.07) is 1.76. The Bertz CT molecular complexity index is 386. The van der Waals surface area contributed by atoms with Gasteiger partial charge >= 0.3 is 0 Å². The molecule has 4 atom stereocenters. The largest absolute Gasteiger partial charge is 0.375 e. The molecule has 2 saturated heterocycles. The van der Waals surface area contributed by atoms with Crippen LogP contribution in [0.5, 0.6) is 0 Å². The summed E-state index contributed by atoms with van der Waals surface area (Å²) in [6.45, 7) is 19.1. The maximum atomic E-state index is 6.22. The molecule has 2 heterocycles. The lowest BCUT2D eigenvalue weighted by Gasteiger charge is -2.51. The highest BCUT2D eigenvalue weighted by Gasteiger charge is 2.41. The van der Waals surface area contributed by atoms with Gasteiger partial charge in [-0.3, -0.25) is 9.80 Å². The fourth-order valence-electron chi connectivity index (χ4n) is 4.82. The highest BCUT2D eigenvalue weighted by Crippen LogP contribution is 2.32. The Morgan fingerprint density at radius 3 is 1.80 bits per heavy atom. The number of likely N-dealkylation sites (N-methyl/N-ethyl adjacent to an activating group) is 1. The summed E-state index contributed by atoms with van der Waals surface area (Å²) in [5.74, 6) is 0. The Balaban J connectivity index is 2.14. The maximum Gasteiger partial charge on any atom is 0.0606 e. The van der Waals surface area contributed by atoms with Gasteiger partial charge < -0.3 is 9.47 Å². The average Bonchev–Trinajstić information content (AvgIpc) is 2.53. The van der Waals surface area contributed by atoms with E-state index in [2.05, 4.69) is 58.3 Å². The van der Waals surface area contributed by atoms with Crippen molar-refractivity contribution >= 4 is 0 Å². The second-order valence-electron chi connectivity index (χ2n) is 8.76. The molecule has 0 bridgehead atoms. The van der Waals surface area contributed by atoms with E-state index < -0.39 is 0 Å². The van der Waals surface area contributed by atoms with Gasteiger partial charge in [0.05, 0.1) is 24.4 Å². The van der Waals surface area contributed by atoms with Gasteiger partial charge in [0.2, 0.25) is 0 Å². The van der Waals surface area contributed by atoms with Gasteiger partial charge in [-0.15, -0.1) is 0 Å². The summed E-state index contributed by atoms with van der Waals surface area (Å²) < 4.78 is 12.4. The Morgan fingerprint density at radius 2 is 1.32 bits per heavy atom. The quantitative estimate of drug-likeness (QED) is 0.691. The molecule has 0 aromatic rings. The molecule has 0 spiro atoms. The molecule has 4 heteroatoms. The van der Waals surface area contributed by atoms with Crippen LogP contribution in [0.3, 0.4) is 0 Å². The predicted molar refractivity (Wildman–Crippen MR) is 105 cm³/mol. The van der Waals surface area contributed by atoms with E-state index in [0.29, 0.717) is 42.5 Å². The average molecular weight is 355 g/mol. The highest BCUT2D eigenvalue weighted by molar-refractivity contribution is 4.96. The first-order valence-corrected chi connectivity index (χ1v) is 10.6. The third kappa shape index (κ3) is 5.92. The molecule has 0 radical (unpaired) electrons. The molecule has 0 N–H and O–H groups in total. The van der Waals surface area contributed by atoms with E-state index in [4.69, 9.17) is 9.47 Å². The van der Waals surface area contributed by atoms with Gasteiger partial charge in [-0.1, -0.05) is 6.92 Å². The van der Waals surface area contributed by atoms with Crippen molar-refractivity contribution in [1.82, 2.24) is 9.80 Å². The van der Waals surface area contributed by atoms with Crippen molar-refractivity contribution in [1.29, 1.82) is 0 Å². The number of piperidine rings is 2. The molecule has 4 unspecified atom stereocenters. The maximum absolute atomic E-state index is 6.22. The van der Waals surface area contributed by atoms with Gasteiger partial charge in [0.1, 0.15) is 0 Å². The van der Waals surface area contributed by atoms with E-state index in [1.165, 1.54) is 6.42 Å². The van der Waals surface area contributed by atoms with Gasteiger partial charge in [0.15, 0.2) is 0 Å². The number of hydrogen-bond donors (Lipinski definition) is 0. The lowest BCUT2D eigenvalue weighted by Crippen LogP contribution is -2.61. The molecule has 0 aliphatic carbocycles. The zero-order chi connectivity index (χ0) is 18.6. The summed E-state index contributed by atoms with van der Waals surface area (Å²) in [5, 5.41) is 0. The zero-order valence-electron chi connectivity index (χ0n) is 17.7. The molecule has 2 rings (SSSR count). The molecular formula is C21H42N2O2. The van der Waals surface area contributed by atoms with Crippen molar-refractivity contribution in [2.24, 2.45) is 0 Å². The second kappa shape index (κ2) is 9.68. The zero-order valence-corrected chi connectivity index (χ0v) is 17.7. The van der Waals surface area contributed by atoms with Gasteiger partial charge in [0, 0.05) is 31.2 Å². The van der Waals surface area contributed by atoms with Gasteiger partial charge in [-0.25, -0.2) is 0 Å². The fraction of sp³-hybridized carbons (Fsp3) is 1.00. The van der Waals surface area contributed by atoms with E-state index in [1.807, 2.05) is 0 Å². The van der Waals surface area contributed by atoms with Gasteiger partial charge in [-0.05, 0) is 73.8 Å². The van der Waals surface area contributed by atoms with E-state index in [1.54, 1.807) is 0 Å². The summed E-state index contributed by atoms with van der Waals surface area (Å²) >= 11 is 0. The van der Waals surface area contributed by atoms with Crippen molar-refractivity contribution in [2.45, 2.75) is 117 Å². The van der Waals surface area contributed by atoms with Crippen LogP contribution in [0.2, 0.25) is 0 Å². The lowest BCUT2D eigenvalue weighted by molar-refractivity contribution is -0.0956. The lowest BCUT2D eigenvalue weighted by atomic mass is 9.85. The molecule has 2 aliphatic heterocycles. The first kappa shape index (κ1) is 21.1. The predicted octanol–water partition coefficient (Wildman–Crippen LogP) is 3.93. The molecule has 0 amide bonds. The van der Waals surface area contributed by atoms with Crippen LogP contribution in [0.4, 0.5) is 0 Å². The number of rotatable bonds is 7. The Morgan fingerprint density at radius 1 is 0.800 bits per heavy atom. The van der Waals surface area contributed by atoms with E-state index >= 15 is 0 Å². The Labute approximate surface area is 156 Å². The monoisotopic (exact) mass is 354 g/mol. The molecule has 4 nitrogen and oxygen atoms in total. The van der Waals surface area contributed by atoms with Crippen LogP contribution in [0.15, 0.2) is 0 Å². The molecule has 2 aliphatic rings. The number of ether oxygens (including phenoxy) is 2. The summed E-state index contributed by atoms with van der Waals surface area (Å²) in [7, 11) is 0. The topological polar surface area (TPSA) is 24.9 Å². The minimum atomic E-state index is 0.321. The first-order chi connectivity index (χ1) is 11.8. The van der Waals surface area contributed by atoms with Crippen LogP contribution in [0.25, 0.3) is 0 Å². The minimum Gasteiger partial charge on any atom is -0.375 e. The van der Waals surface area contributed by atoms with Gasteiger partial charge in [-0.2, -0.15) is 0 Å². The smallest absolute Gasteiger partial charge is 0.0606 e. The van der Waals surface area contributed by atoms with Crippen LogP contribution in [0, 0.1) is 0 Å². The first-order valence-electron chi connectivity index (χ1n) is 10.6. The van der Waals surface area contributed by atoms with Crippen LogP contribution in [-0.4, -0.2) is 72.0 Å². The normalized spacial score (nSPS) is 32.9. The van der Waals surface area contributed by atoms with Crippen molar-refractivity contribution in [3.05, 3.63) is 0 Å². The number of nitrogens with zero attached hydrogens (tertiary/aromatic N) is 2. The van der Waals surface area contributed by atoms with Crippen molar-refractivity contribution in [3.8, 4) is 0 Å². The molecule has 0 saturated carbocycles. The van der Waals surface area contributed by atoms with Gasteiger partial charge in [0.25, 0.3) is 0 Å². The number of likely N-dealkylation sites (tertiary alicyclic amines) is 2. The minimum absolute atomic E-state index is 0.321. The third-order valence-electron chi connectivity index (χ3n) is 5.79. The van der Waals surface area contributed by atoms with E-state index in [0.717, 1.165) is 38.9 Å². The summed E-state index contributed by atoms with van der Waals surface area (Å²) in [5.41, 5.74) is 0.